The lowest BCUT2D eigenvalue weighted by atomic mass is 10.1. The van der Waals surface area contributed by atoms with Gasteiger partial charge >= 0.3 is 0 Å². The predicted octanol–water partition coefficient (Wildman–Crippen LogP) is 4.47. The molecule has 4 aromatic rings. The summed E-state index contributed by atoms with van der Waals surface area (Å²) >= 11 is 0. The number of hydrogen-bond acceptors (Lipinski definition) is 6. The lowest BCUT2D eigenvalue weighted by Crippen LogP contribution is -2.36. The van der Waals surface area contributed by atoms with Crippen molar-refractivity contribution in [3.8, 4) is 11.1 Å². The third-order valence-electron chi connectivity index (χ3n) is 5.60. The van der Waals surface area contributed by atoms with Gasteiger partial charge in [0.05, 0.1) is 30.6 Å². The Morgan fingerprint density at radius 2 is 2.03 bits per heavy atom. The standard InChI is InChI=1S/C25H23FN6O2/c1-2-23(33)29-17-5-3-4-16(12-17)19-14-27-21-15-28-25(31-24(19)21)30-18-6-7-22(20(26)13-18)32-8-10-34-11-9-32/h2-7,12-15,27H,1,8-11H2,(H,29,33)(H,28,30,31). The summed E-state index contributed by atoms with van der Waals surface area (Å²) in [6, 6.07) is 12.5. The fraction of sp³-hybridized carbons (Fsp3) is 0.160. The van der Waals surface area contributed by atoms with Crippen LogP contribution in [-0.2, 0) is 9.53 Å². The number of amides is 1. The van der Waals surface area contributed by atoms with Gasteiger partial charge in [0, 0.05) is 36.2 Å². The lowest BCUT2D eigenvalue weighted by molar-refractivity contribution is -0.111. The number of anilines is 4. The van der Waals surface area contributed by atoms with Crippen LogP contribution in [0.15, 0.2) is 67.5 Å². The number of halogens is 1. The Hall–Kier alpha value is -4.24. The van der Waals surface area contributed by atoms with Crippen LogP contribution in [-0.4, -0.2) is 47.2 Å². The summed E-state index contributed by atoms with van der Waals surface area (Å²) in [6.07, 6.45) is 4.74. The van der Waals surface area contributed by atoms with Crippen molar-refractivity contribution >= 4 is 40.0 Å². The van der Waals surface area contributed by atoms with Crippen LogP contribution in [0, 0.1) is 5.82 Å². The molecule has 0 atom stereocenters. The van der Waals surface area contributed by atoms with Gasteiger partial charge in [-0.2, -0.15) is 0 Å². The topological polar surface area (TPSA) is 95.2 Å². The Bertz CT molecular complexity index is 1360. The van der Waals surface area contributed by atoms with Crippen molar-refractivity contribution in [2.45, 2.75) is 0 Å². The van der Waals surface area contributed by atoms with Crippen molar-refractivity contribution < 1.29 is 13.9 Å². The predicted molar refractivity (Wildman–Crippen MR) is 131 cm³/mol. The van der Waals surface area contributed by atoms with E-state index in [1.54, 1.807) is 18.3 Å². The highest BCUT2D eigenvalue weighted by atomic mass is 19.1. The second-order valence-corrected chi connectivity index (χ2v) is 7.82. The maximum atomic E-state index is 14.8. The number of aromatic nitrogens is 3. The molecular weight excluding hydrogens is 435 g/mol. The third-order valence-corrected chi connectivity index (χ3v) is 5.60. The lowest BCUT2D eigenvalue weighted by Gasteiger charge is -2.29. The first-order chi connectivity index (χ1) is 16.6. The first-order valence-corrected chi connectivity index (χ1v) is 10.9. The van der Waals surface area contributed by atoms with Crippen molar-refractivity contribution in [3.63, 3.8) is 0 Å². The second kappa shape index (κ2) is 9.32. The summed E-state index contributed by atoms with van der Waals surface area (Å²) in [5.41, 5.74) is 4.95. The number of fused-ring (bicyclic) bond motifs is 1. The molecule has 3 heterocycles. The number of nitrogens with zero attached hydrogens (tertiary/aromatic N) is 3. The van der Waals surface area contributed by atoms with Crippen LogP contribution in [0.3, 0.4) is 0 Å². The minimum atomic E-state index is -0.311. The molecule has 9 heteroatoms. The molecule has 1 saturated heterocycles. The van der Waals surface area contributed by atoms with E-state index < -0.39 is 0 Å². The van der Waals surface area contributed by atoms with Crippen LogP contribution in [0.25, 0.3) is 22.2 Å². The zero-order valence-corrected chi connectivity index (χ0v) is 18.3. The van der Waals surface area contributed by atoms with Gasteiger partial charge in [0.1, 0.15) is 11.3 Å². The molecular formula is C25H23FN6O2. The van der Waals surface area contributed by atoms with Gasteiger partial charge < -0.3 is 25.3 Å². The Kier molecular flexibility index (Phi) is 5.92. The zero-order valence-electron chi connectivity index (χ0n) is 18.3. The van der Waals surface area contributed by atoms with Crippen LogP contribution in [0.5, 0.6) is 0 Å². The molecule has 34 heavy (non-hydrogen) atoms. The SMILES string of the molecule is C=CC(=O)Nc1cccc(-c2c[nH]c3cnc(Nc4ccc(N5CCOCC5)c(F)c4)nc23)c1. The number of carbonyl (C=O) groups is 1. The van der Waals surface area contributed by atoms with Crippen molar-refractivity contribution in [2.75, 3.05) is 41.8 Å². The number of ether oxygens (including phenoxy) is 1. The molecule has 172 valence electrons. The van der Waals surface area contributed by atoms with Gasteiger partial charge in [-0.1, -0.05) is 18.7 Å². The number of hydrogen-bond donors (Lipinski definition) is 3. The molecule has 1 aliphatic rings. The van der Waals surface area contributed by atoms with Gasteiger partial charge in [-0.25, -0.2) is 14.4 Å². The van der Waals surface area contributed by atoms with Gasteiger partial charge in [-0.3, -0.25) is 4.79 Å². The number of nitrogens with one attached hydrogen (secondary N) is 3. The number of rotatable bonds is 6. The minimum Gasteiger partial charge on any atom is -0.378 e. The largest absolute Gasteiger partial charge is 0.378 e. The number of morpholine rings is 1. The van der Waals surface area contributed by atoms with E-state index in [0.717, 1.165) is 16.6 Å². The quantitative estimate of drug-likeness (QED) is 0.369. The van der Waals surface area contributed by atoms with Crippen LogP contribution in [0.2, 0.25) is 0 Å². The Balaban J connectivity index is 1.40. The van der Waals surface area contributed by atoms with E-state index in [4.69, 9.17) is 4.74 Å². The Morgan fingerprint density at radius 1 is 1.18 bits per heavy atom. The molecule has 0 unspecified atom stereocenters. The van der Waals surface area contributed by atoms with Gasteiger partial charge in [0.15, 0.2) is 0 Å². The van der Waals surface area contributed by atoms with E-state index in [0.29, 0.717) is 54.8 Å². The first kappa shape index (κ1) is 21.6. The molecule has 0 radical (unpaired) electrons. The smallest absolute Gasteiger partial charge is 0.247 e. The maximum absolute atomic E-state index is 14.8. The zero-order chi connectivity index (χ0) is 23.5. The van der Waals surface area contributed by atoms with Crippen LogP contribution in [0.4, 0.5) is 27.4 Å². The van der Waals surface area contributed by atoms with E-state index in [2.05, 4.69) is 32.2 Å². The number of H-pyrrole nitrogens is 1. The van der Waals surface area contributed by atoms with Crippen molar-refractivity contribution in [1.82, 2.24) is 15.0 Å². The average Bonchev–Trinajstić information content (AvgIpc) is 3.28. The number of aromatic amines is 1. The van der Waals surface area contributed by atoms with Gasteiger partial charge in [0.2, 0.25) is 11.9 Å². The molecule has 1 aliphatic heterocycles. The summed E-state index contributed by atoms with van der Waals surface area (Å²) in [4.78, 5) is 25.8. The Morgan fingerprint density at radius 3 is 2.82 bits per heavy atom. The molecule has 1 fully saturated rings. The first-order valence-electron chi connectivity index (χ1n) is 10.9. The molecule has 8 nitrogen and oxygen atoms in total. The van der Waals surface area contributed by atoms with Crippen LogP contribution in [0.1, 0.15) is 0 Å². The third kappa shape index (κ3) is 4.46. The Labute approximate surface area is 195 Å². The molecule has 2 aromatic carbocycles. The molecule has 0 bridgehead atoms. The molecule has 0 aliphatic carbocycles. The summed E-state index contributed by atoms with van der Waals surface area (Å²) in [7, 11) is 0. The molecule has 2 aromatic heterocycles. The van der Waals surface area contributed by atoms with Crippen LogP contribution < -0.4 is 15.5 Å². The molecule has 5 rings (SSSR count). The van der Waals surface area contributed by atoms with Gasteiger partial charge in [-0.05, 0) is 42.0 Å². The van der Waals surface area contributed by atoms with Crippen molar-refractivity contribution in [2.24, 2.45) is 0 Å². The molecule has 0 saturated carbocycles. The maximum Gasteiger partial charge on any atom is 0.247 e. The van der Waals surface area contributed by atoms with Gasteiger partial charge in [-0.15, -0.1) is 0 Å². The summed E-state index contributed by atoms with van der Waals surface area (Å²) in [6.45, 7) is 5.99. The summed E-state index contributed by atoms with van der Waals surface area (Å²) < 4.78 is 20.1. The van der Waals surface area contributed by atoms with E-state index in [-0.39, 0.29) is 11.7 Å². The number of carbonyl (C=O) groups excluding carboxylic acids is 1. The molecule has 1 amide bonds. The molecule has 0 spiro atoms. The fourth-order valence-electron chi connectivity index (χ4n) is 3.92. The average molecular weight is 458 g/mol. The van der Waals surface area contributed by atoms with E-state index in [1.165, 1.54) is 12.1 Å². The fourth-order valence-corrected chi connectivity index (χ4v) is 3.92. The second-order valence-electron chi connectivity index (χ2n) is 7.82. The minimum absolute atomic E-state index is 0.281. The summed E-state index contributed by atoms with van der Waals surface area (Å²) in [5, 5.41) is 5.85. The highest BCUT2D eigenvalue weighted by Gasteiger charge is 2.16. The summed E-state index contributed by atoms with van der Waals surface area (Å²) in [5.74, 6) is -0.242. The van der Waals surface area contributed by atoms with E-state index in [1.807, 2.05) is 35.4 Å². The van der Waals surface area contributed by atoms with Crippen molar-refractivity contribution in [1.29, 1.82) is 0 Å². The van der Waals surface area contributed by atoms with E-state index in [9.17, 15) is 9.18 Å². The van der Waals surface area contributed by atoms with E-state index >= 15 is 0 Å². The number of benzene rings is 2. The van der Waals surface area contributed by atoms with Crippen molar-refractivity contribution in [3.05, 3.63) is 73.3 Å². The molecule has 3 N–H and O–H groups in total. The van der Waals surface area contributed by atoms with Crippen LogP contribution >= 0.6 is 0 Å². The highest BCUT2D eigenvalue weighted by Crippen LogP contribution is 2.30. The normalized spacial score (nSPS) is 13.6. The van der Waals surface area contributed by atoms with Gasteiger partial charge in [0.25, 0.3) is 0 Å². The monoisotopic (exact) mass is 458 g/mol. The highest BCUT2D eigenvalue weighted by molar-refractivity contribution is 6.00.